The Labute approximate surface area is 237 Å². The van der Waals surface area contributed by atoms with Gasteiger partial charge in [-0.2, -0.15) is 0 Å². The number of halogens is 1. The Balaban J connectivity index is 1.08. The summed E-state index contributed by atoms with van der Waals surface area (Å²) in [4.78, 5) is 46.5. The quantitative estimate of drug-likeness (QED) is 0.341. The maximum atomic E-state index is 13.1. The molecule has 2 amide bonds. The zero-order chi connectivity index (χ0) is 28.1. The number of carbonyl (C=O) groups is 2. The van der Waals surface area contributed by atoms with Crippen LogP contribution < -0.4 is 5.32 Å². The number of fused-ring (bicyclic) bond motifs is 1. The molecule has 0 saturated heterocycles. The molecule has 9 nitrogen and oxygen atoms in total. The first-order valence-electron chi connectivity index (χ1n) is 13.8. The van der Waals surface area contributed by atoms with E-state index in [0.29, 0.717) is 42.3 Å². The topological polar surface area (TPSA) is 122 Å². The number of H-pyrrole nitrogens is 1. The second-order valence-electron chi connectivity index (χ2n) is 12.5. The average Bonchev–Trinajstić information content (AvgIpc) is 3.28. The van der Waals surface area contributed by atoms with Crippen LogP contribution in [0, 0.1) is 11.3 Å². The fourth-order valence-corrected chi connectivity index (χ4v) is 6.47. The zero-order valence-corrected chi connectivity index (χ0v) is 23.7. The number of carbonyl (C=O) groups excluding carboxylic acids is 2. The van der Waals surface area contributed by atoms with Gasteiger partial charge in [0.05, 0.1) is 22.3 Å². The molecular formula is C30H33ClN6O3. The normalized spacial score (nSPS) is 26.9. The molecule has 208 valence electrons. The van der Waals surface area contributed by atoms with Gasteiger partial charge in [0.1, 0.15) is 5.60 Å². The predicted octanol–water partition coefficient (Wildman–Crippen LogP) is 6.59. The number of rotatable bonds is 5. The van der Waals surface area contributed by atoms with E-state index in [4.69, 9.17) is 16.3 Å². The van der Waals surface area contributed by atoms with Crippen molar-refractivity contribution < 1.29 is 14.3 Å². The van der Waals surface area contributed by atoms with E-state index >= 15 is 0 Å². The number of nitrogens with zero attached hydrogens (tertiary/aromatic N) is 4. The lowest BCUT2D eigenvalue weighted by atomic mass is 9.39. The standard InChI is InChI=1S/C30H33ClN6O3/c1-28(2,3)40-27(39)37-30-15-29(16-30,17-30)25(38)35-19-8-6-7-18(11-19)12-33-26-34-14-22(31)24(36-26)21-13-32-23-10-5-4-9-20(21)23/h4-5,9-10,12-14,18,32H,6-8,11,15-17H2,1-3H3,(H,37,39). The summed E-state index contributed by atoms with van der Waals surface area (Å²) in [7, 11) is 0. The summed E-state index contributed by atoms with van der Waals surface area (Å²) < 4.78 is 5.37. The number of benzene rings is 1. The number of aromatic amines is 1. The summed E-state index contributed by atoms with van der Waals surface area (Å²) in [6.45, 7) is 5.51. The number of amides is 2. The van der Waals surface area contributed by atoms with Gasteiger partial charge in [-0.25, -0.2) is 24.7 Å². The van der Waals surface area contributed by atoms with Crippen molar-refractivity contribution >= 4 is 52.4 Å². The number of hydrogen-bond donors (Lipinski definition) is 2. The monoisotopic (exact) mass is 560 g/mol. The van der Waals surface area contributed by atoms with Crippen LogP contribution >= 0.6 is 11.6 Å². The van der Waals surface area contributed by atoms with Crippen molar-refractivity contribution in [1.29, 1.82) is 0 Å². The van der Waals surface area contributed by atoms with Gasteiger partial charge in [-0.05, 0) is 77.7 Å². The maximum Gasteiger partial charge on any atom is 0.408 e. The summed E-state index contributed by atoms with van der Waals surface area (Å²) in [5.74, 6) is 0.447. The number of ether oxygens (including phenoxy) is 1. The fraction of sp³-hybridized carbons (Fsp3) is 0.467. The van der Waals surface area contributed by atoms with E-state index in [-0.39, 0.29) is 17.4 Å². The summed E-state index contributed by atoms with van der Waals surface area (Å²) in [5, 5.41) is 4.46. The molecule has 1 atom stereocenters. The lowest BCUT2D eigenvalue weighted by Gasteiger charge is -2.68. The Morgan fingerprint density at radius 1 is 1.23 bits per heavy atom. The smallest absolute Gasteiger partial charge is 0.408 e. The minimum Gasteiger partial charge on any atom is -0.444 e. The van der Waals surface area contributed by atoms with Gasteiger partial charge in [0, 0.05) is 40.1 Å². The van der Waals surface area contributed by atoms with Gasteiger partial charge in [-0.3, -0.25) is 4.79 Å². The lowest BCUT2D eigenvalue weighted by Crippen LogP contribution is -2.77. The highest BCUT2D eigenvalue weighted by atomic mass is 35.5. The van der Waals surface area contributed by atoms with Crippen LogP contribution in [0.25, 0.3) is 22.2 Å². The van der Waals surface area contributed by atoms with Gasteiger partial charge in [-0.1, -0.05) is 29.8 Å². The van der Waals surface area contributed by atoms with E-state index in [1.807, 2.05) is 57.4 Å². The van der Waals surface area contributed by atoms with Crippen LogP contribution in [0.15, 0.2) is 46.6 Å². The summed E-state index contributed by atoms with van der Waals surface area (Å²) in [6.07, 6.45) is 10.2. The van der Waals surface area contributed by atoms with Gasteiger partial charge in [0.25, 0.3) is 5.91 Å². The number of alkyl carbamates (subject to hydrolysis) is 1. The molecule has 0 aliphatic heterocycles. The Bertz CT molecular complexity index is 1530. The van der Waals surface area contributed by atoms with Crippen molar-refractivity contribution in [2.75, 3.05) is 0 Å². The summed E-state index contributed by atoms with van der Waals surface area (Å²) >= 11 is 6.45. The first kappa shape index (κ1) is 26.6. The van der Waals surface area contributed by atoms with Crippen molar-refractivity contribution in [2.24, 2.45) is 21.3 Å². The molecule has 7 rings (SSSR count). The molecule has 4 aliphatic rings. The van der Waals surface area contributed by atoms with Crippen LogP contribution in [0.2, 0.25) is 5.02 Å². The highest BCUT2D eigenvalue weighted by Crippen LogP contribution is 2.67. The van der Waals surface area contributed by atoms with Crippen LogP contribution in [0.3, 0.4) is 0 Å². The van der Waals surface area contributed by atoms with Crippen molar-refractivity contribution in [1.82, 2.24) is 20.3 Å². The van der Waals surface area contributed by atoms with E-state index < -0.39 is 17.1 Å². The highest BCUT2D eigenvalue weighted by molar-refractivity contribution is 6.33. The molecule has 2 aromatic heterocycles. The molecule has 40 heavy (non-hydrogen) atoms. The molecule has 2 N–H and O–H groups in total. The Hall–Kier alpha value is -3.59. The minimum absolute atomic E-state index is 0.0580. The number of nitrogens with one attached hydrogen (secondary N) is 2. The molecule has 10 heteroatoms. The molecule has 0 spiro atoms. The molecule has 1 unspecified atom stereocenters. The molecule has 4 aliphatic carbocycles. The minimum atomic E-state index is -0.548. The Morgan fingerprint density at radius 3 is 2.77 bits per heavy atom. The fourth-order valence-electron chi connectivity index (χ4n) is 6.28. The predicted molar refractivity (Wildman–Crippen MR) is 155 cm³/mol. The molecule has 3 aromatic rings. The molecular weight excluding hydrogens is 528 g/mol. The van der Waals surface area contributed by atoms with Gasteiger partial charge < -0.3 is 15.0 Å². The van der Waals surface area contributed by atoms with Crippen LogP contribution in [-0.4, -0.2) is 50.0 Å². The van der Waals surface area contributed by atoms with Crippen LogP contribution in [-0.2, 0) is 9.53 Å². The molecule has 2 heterocycles. The van der Waals surface area contributed by atoms with E-state index in [9.17, 15) is 9.59 Å². The zero-order valence-electron chi connectivity index (χ0n) is 23.0. The van der Waals surface area contributed by atoms with Gasteiger partial charge in [-0.15, -0.1) is 0 Å². The van der Waals surface area contributed by atoms with Gasteiger partial charge in [0.2, 0.25) is 5.95 Å². The average molecular weight is 561 g/mol. The number of aromatic nitrogens is 3. The molecule has 0 radical (unpaired) electrons. The van der Waals surface area contributed by atoms with Crippen molar-refractivity contribution in [3.8, 4) is 11.3 Å². The summed E-state index contributed by atoms with van der Waals surface area (Å²) in [5.41, 5.74) is 2.17. The molecule has 2 bridgehead atoms. The SMILES string of the molecule is CC(C)(C)OC(=O)NC12CC(C(=O)N=C3CCCC(C=Nc4ncc(Cl)c(-c5c[nH]c6ccccc56)n4)C3)(C1)C2. The van der Waals surface area contributed by atoms with E-state index in [2.05, 4.69) is 30.3 Å². The first-order chi connectivity index (χ1) is 19.0. The van der Waals surface area contributed by atoms with Crippen LogP contribution in [0.5, 0.6) is 0 Å². The number of hydrogen-bond acceptors (Lipinski definition) is 6. The lowest BCUT2D eigenvalue weighted by molar-refractivity contribution is -0.175. The number of aliphatic imine (C=N–C) groups is 2. The Kier molecular flexibility index (Phi) is 6.52. The maximum absolute atomic E-state index is 13.1. The van der Waals surface area contributed by atoms with Crippen molar-refractivity contribution in [2.45, 2.75) is 76.9 Å². The van der Waals surface area contributed by atoms with E-state index in [1.54, 1.807) is 6.20 Å². The molecule has 4 saturated carbocycles. The van der Waals surface area contributed by atoms with Crippen LogP contribution in [0.4, 0.5) is 10.7 Å². The molecule has 1 aromatic carbocycles. The highest BCUT2D eigenvalue weighted by Gasteiger charge is 2.72. The first-order valence-corrected chi connectivity index (χ1v) is 14.2. The van der Waals surface area contributed by atoms with Crippen molar-refractivity contribution in [3.05, 3.63) is 41.7 Å². The third-order valence-electron chi connectivity index (χ3n) is 8.02. The third-order valence-corrected chi connectivity index (χ3v) is 8.30. The largest absolute Gasteiger partial charge is 0.444 e. The second-order valence-corrected chi connectivity index (χ2v) is 12.9. The van der Waals surface area contributed by atoms with Crippen molar-refractivity contribution in [3.63, 3.8) is 0 Å². The Morgan fingerprint density at radius 2 is 2.00 bits per heavy atom. The third kappa shape index (κ3) is 5.14. The van der Waals surface area contributed by atoms with E-state index in [0.717, 1.165) is 41.4 Å². The van der Waals surface area contributed by atoms with Gasteiger partial charge in [0.15, 0.2) is 0 Å². The summed E-state index contributed by atoms with van der Waals surface area (Å²) in [6, 6.07) is 7.99. The van der Waals surface area contributed by atoms with Gasteiger partial charge >= 0.3 is 6.09 Å². The number of para-hydroxylation sites is 1. The van der Waals surface area contributed by atoms with Crippen LogP contribution in [0.1, 0.15) is 65.7 Å². The molecule has 4 fully saturated rings. The van der Waals surface area contributed by atoms with E-state index in [1.165, 1.54) is 0 Å². The second kappa shape index (κ2) is 9.80.